The Bertz CT molecular complexity index is 287. The van der Waals surface area contributed by atoms with Crippen LogP contribution in [0.1, 0.15) is 13.8 Å². The average molecular weight is 370 g/mol. The van der Waals surface area contributed by atoms with Gasteiger partial charge in [0.25, 0.3) is 0 Å². The molecule has 0 atom stereocenters. The van der Waals surface area contributed by atoms with E-state index in [0.29, 0.717) is 6.61 Å². The summed E-state index contributed by atoms with van der Waals surface area (Å²) in [6.45, 7) is 4.84. The molecule has 1 aromatic carbocycles. The first-order valence-corrected chi connectivity index (χ1v) is 6.17. The molecular weight excluding hydrogens is 357 g/mol. The van der Waals surface area contributed by atoms with Gasteiger partial charge in [-0.3, -0.25) is 3.53 Å². The van der Waals surface area contributed by atoms with Crippen LogP contribution in [0.15, 0.2) is 28.7 Å². The third-order valence-corrected chi connectivity index (χ3v) is 3.66. The molecule has 0 aliphatic carbocycles. The molecule has 0 fully saturated rings. The van der Waals surface area contributed by atoms with Gasteiger partial charge in [-0.2, -0.15) is 0 Å². The Morgan fingerprint density at radius 3 is 2.43 bits per heavy atom. The van der Waals surface area contributed by atoms with Crippen LogP contribution in [0.25, 0.3) is 0 Å². The number of rotatable bonds is 4. The Morgan fingerprint density at radius 1 is 1.36 bits per heavy atom. The molecule has 0 aliphatic rings. The Hall–Kier alpha value is 0.190. The average Bonchev–Trinajstić information content (AvgIpc) is 2.17. The van der Waals surface area contributed by atoms with Crippen molar-refractivity contribution in [3.63, 3.8) is 0 Å². The summed E-state index contributed by atoms with van der Waals surface area (Å²) in [5, 5.41) is 0. The van der Waals surface area contributed by atoms with Gasteiger partial charge in [0.05, 0.1) is 5.54 Å². The Labute approximate surface area is 107 Å². The molecule has 0 heterocycles. The number of halogens is 2. The fraction of sp³-hybridized carbons (Fsp3) is 0.400. The third kappa shape index (κ3) is 4.14. The van der Waals surface area contributed by atoms with Crippen molar-refractivity contribution in [3.8, 4) is 5.75 Å². The maximum absolute atomic E-state index is 5.63. The van der Waals surface area contributed by atoms with E-state index in [0.717, 1.165) is 10.2 Å². The summed E-state index contributed by atoms with van der Waals surface area (Å²) in [6.07, 6.45) is 0. The Balaban J connectivity index is 2.50. The lowest BCUT2D eigenvalue weighted by Gasteiger charge is -2.22. The van der Waals surface area contributed by atoms with E-state index in [1.165, 1.54) is 0 Å². The molecule has 0 aromatic heterocycles. The molecule has 0 amide bonds. The van der Waals surface area contributed by atoms with Crippen LogP contribution in [0.4, 0.5) is 0 Å². The van der Waals surface area contributed by atoms with Crippen molar-refractivity contribution < 1.29 is 4.74 Å². The zero-order chi connectivity index (χ0) is 10.6. The molecule has 0 radical (unpaired) electrons. The van der Waals surface area contributed by atoms with Crippen molar-refractivity contribution in [2.45, 2.75) is 19.4 Å². The molecular formula is C10H13BrINO. The van der Waals surface area contributed by atoms with Crippen LogP contribution in [-0.4, -0.2) is 12.1 Å². The molecule has 14 heavy (non-hydrogen) atoms. The first kappa shape index (κ1) is 12.3. The molecule has 1 N–H and O–H groups in total. The minimum absolute atomic E-state index is 0.00632. The number of nitrogens with one attached hydrogen (secondary N) is 1. The van der Waals surface area contributed by atoms with Crippen molar-refractivity contribution in [2.75, 3.05) is 6.61 Å². The van der Waals surface area contributed by atoms with Crippen LogP contribution in [0.2, 0.25) is 0 Å². The predicted molar refractivity (Wildman–Crippen MR) is 70.9 cm³/mol. The van der Waals surface area contributed by atoms with E-state index in [2.05, 4.69) is 56.2 Å². The second-order valence-corrected chi connectivity index (χ2v) is 5.18. The SMILES string of the molecule is CC(C)(COc1ccc(Br)cc1)NI. The number of hydrogen-bond acceptors (Lipinski definition) is 2. The van der Waals surface area contributed by atoms with Gasteiger partial charge in [0, 0.05) is 27.3 Å². The largest absolute Gasteiger partial charge is 0.492 e. The monoisotopic (exact) mass is 369 g/mol. The smallest absolute Gasteiger partial charge is 0.119 e. The maximum atomic E-state index is 5.63. The molecule has 4 heteroatoms. The molecule has 0 unspecified atom stereocenters. The lowest BCUT2D eigenvalue weighted by Crippen LogP contribution is -2.38. The highest BCUT2D eigenvalue weighted by atomic mass is 127. The van der Waals surface area contributed by atoms with Crippen molar-refractivity contribution in [2.24, 2.45) is 0 Å². The second kappa shape index (κ2) is 5.32. The second-order valence-electron chi connectivity index (χ2n) is 3.72. The van der Waals surface area contributed by atoms with E-state index in [-0.39, 0.29) is 5.54 Å². The van der Waals surface area contributed by atoms with Crippen molar-refractivity contribution in [1.29, 1.82) is 0 Å². The molecule has 0 saturated heterocycles. The predicted octanol–water partition coefficient (Wildman–Crippen LogP) is 3.55. The number of hydrogen-bond donors (Lipinski definition) is 1. The summed E-state index contributed by atoms with van der Waals surface area (Å²) in [5.74, 6) is 0.896. The van der Waals surface area contributed by atoms with Gasteiger partial charge in [-0.15, -0.1) is 0 Å². The molecule has 0 saturated carbocycles. The minimum atomic E-state index is -0.00632. The Kier molecular flexibility index (Phi) is 4.66. The standard InChI is InChI=1S/C10H13BrINO/c1-10(2,13-12)7-14-9-5-3-8(11)4-6-9/h3-6,13H,7H2,1-2H3. The van der Waals surface area contributed by atoms with Crippen LogP contribution in [-0.2, 0) is 0 Å². The lowest BCUT2D eigenvalue weighted by atomic mass is 10.1. The minimum Gasteiger partial charge on any atom is -0.492 e. The van der Waals surface area contributed by atoms with Gasteiger partial charge < -0.3 is 4.74 Å². The molecule has 78 valence electrons. The van der Waals surface area contributed by atoms with E-state index in [9.17, 15) is 0 Å². The van der Waals surface area contributed by atoms with Crippen molar-refractivity contribution >= 4 is 38.8 Å². The molecule has 0 spiro atoms. The van der Waals surface area contributed by atoms with E-state index in [4.69, 9.17) is 4.74 Å². The summed E-state index contributed by atoms with van der Waals surface area (Å²) < 4.78 is 9.85. The van der Waals surface area contributed by atoms with Gasteiger partial charge in [0.1, 0.15) is 12.4 Å². The van der Waals surface area contributed by atoms with Crippen LogP contribution in [0.5, 0.6) is 5.75 Å². The third-order valence-electron chi connectivity index (χ3n) is 1.67. The Morgan fingerprint density at radius 2 is 1.93 bits per heavy atom. The first-order valence-electron chi connectivity index (χ1n) is 4.30. The van der Waals surface area contributed by atoms with E-state index < -0.39 is 0 Å². The van der Waals surface area contributed by atoms with Gasteiger partial charge in [-0.05, 0) is 38.1 Å². The summed E-state index contributed by atoms with van der Waals surface area (Å²) in [6, 6.07) is 7.85. The topological polar surface area (TPSA) is 21.3 Å². The van der Waals surface area contributed by atoms with Gasteiger partial charge in [-0.1, -0.05) is 15.9 Å². The normalized spacial score (nSPS) is 11.4. The maximum Gasteiger partial charge on any atom is 0.119 e. The van der Waals surface area contributed by atoms with E-state index >= 15 is 0 Å². The van der Waals surface area contributed by atoms with Crippen LogP contribution in [0.3, 0.4) is 0 Å². The highest BCUT2D eigenvalue weighted by Gasteiger charge is 2.16. The zero-order valence-corrected chi connectivity index (χ0v) is 11.9. The van der Waals surface area contributed by atoms with E-state index in [1.807, 2.05) is 24.3 Å². The lowest BCUT2D eigenvalue weighted by molar-refractivity contribution is 0.236. The zero-order valence-electron chi connectivity index (χ0n) is 8.18. The molecule has 1 rings (SSSR count). The van der Waals surface area contributed by atoms with E-state index in [1.54, 1.807) is 0 Å². The summed E-state index contributed by atoms with van der Waals surface area (Å²) >= 11 is 5.52. The fourth-order valence-electron chi connectivity index (χ4n) is 0.822. The first-order chi connectivity index (χ1) is 6.53. The van der Waals surface area contributed by atoms with Crippen molar-refractivity contribution in [3.05, 3.63) is 28.7 Å². The van der Waals surface area contributed by atoms with Crippen LogP contribution >= 0.6 is 38.8 Å². The highest BCUT2D eigenvalue weighted by molar-refractivity contribution is 14.1. The summed E-state index contributed by atoms with van der Waals surface area (Å²) in [7, 11) is 0. The summed E-state index contributed by atoms with van der Waals surface area (Å²) in [5.41, 5.74) is -0.00632. The van der Waals surface area contributed by atoms with Crippen LogP contribution < -0.4 is 8.27 Å². The fourth-order valence-corrected chi connectivity index (χ4v) is 1.24. The van der Waals surface area contributed by atoms with Gasteiger partial charge in [0.15, 0.2) is 0 Å². The quantitative estimate of drug-likeness (QED) is 0.647. The van der Waals surface area contributed by atoms with Gasteiger partial charge in [-0.25, -0.2) is 0 Å². The summed E-state index contributed by atoms with van der Waals surface area (Å²) in [4.78, 5) is 0. The number of benzene rings is 1. The van der Waals surface area contributed by atoms with Crippen molar-refractivity contribution in [1.82, 2.24) is 3.53 Å². The molecule has 0 aliphatic heterocycles. The highest BCUT2D eigenvalue weighted by Crippen LogP contribution is 2.17. The van der Waals surface area contributed by atoms with Gasteiger partial charge in [0.2, 0.25) is 0 Å². The molecule has 0 bridgehead atoms. The van der Waals surface area contributed by atoms with Gasteiger partial charge >= 0.3 is 0 Å². The molecule has 2 nitrogen and oxygen atoms in total. The molecule has 1 aromatic rings. The van der Waals surface area contributed by atoms with Crippen LogP contribution in [0, 0.1) is 0 Å². The number of ether oxygens (including phenoxy) is 1.